The molecule has 14 heavy (non-hydrogen) atoms. The predicted molar refractivity (Wildman–Crippen MR) is 64.1 cm³/mol. The number of rotatable bonds is 2. The molecule has 1 aromatic rings. The van der Waals surface area contributed by atoms with Gasteiger partial charge in [0.05, 0.1) is 11.1 Å². The molecule has 0 aliphatic carbocycles. The normalized spacial score (nSPS) is 26.3. The van der Waals surface area contributed by atoms with Crippen molar-refractivity contribution in [3.63, 3.8) is 0 Å². The summed E-state index contributed by atoms with van der Waals surface area (Å²) < 4.78 is 0. The van der Waals surface area contributed by atoms with Crippen LogP contribution in [-0.4, -0.2) is 16.3 Å². The van der Waals surface area contributed by atoms with E-state index in [4.69, 9.17) is 0 Å². The maximum atomic E-state index is 4.64. The molecule has 74 valence electrons. The van der Waals surface area contributed by atoms with Crippen molar-refractivity contribution >= 4 is 16.8 Å². The lowest BCUT2D eigenvalue weighted by Crippen LogP contribution is -2.07. The van der Waals surface area contributed by atoms with E-state index in [0.717, 1.165) is 6.42 Å². The van der Waals surface area contributed by atoms with Crippen molar-refractivity contribution < 1.29 is 0 Å². The molecule has 1 aliphatic rings. The van der Waals surface area contributed by atoms with Crippen LogP contribution < -0.4 is 0 Å². The van der Waals surface area contributed by atoms with Gasteiger partial charge in [0.1, 0.15) is 0 Å². The standard InChI is InChI=1S/C12H15NS/c1-9-10(2)14-12(13-9)8-11-6-4-3-5-7-11/h3-7,9-10H,8H2,1-2H3/t9-,10-/m1/s1. The lowest BCUT2D eigenvalue weighted by atomic mass is 10.2. The SMILES string of the molecule is C[C@H]1N=C(Cc2ccccc2)S[C@@H]1C. The quantitative estimate of drug-likeness (QED) is 0.722. The molecule has 0 radical (unpaired) electrons. The van der Waals surface area contributed by atoms with Gasteiger partial charge in [0.15, 0.2) is 0 Å². The first-order chi connectivity index (χ1) is 6.75. The van der Waals surface area contributed by atoms with Crippen LogP contribution >= 0.6 is 11.8 Å². The van der Waals surface area contributed by atoms with E-state index in [1.165, 1.54) is 10.6 Å². The Bertz CT molecular complexity index is 331. The van der Waals surface area contributed by atoms with Crippen LogP contribution in [0.25, 0.3) is 0 Å². The van der Waals surface area contributed by atoms with E-state index < -0.39 is 0 Å². The molecule has 1 aromatic carbocycles. The molecule has 0 spiro atoms. The monoisotopic (exact) mass is 205 g/mol. The maximum absolute atomic E-state index is 4.64. The average Bonchev–Trinajstić information content (AvgIpc) is 2.47. The third-order valence-electron chi connectivity index (χ3n) is 2.55. The van der Waals surface area contributed by atoms with Gasteiger partial charge in [0.25, 0.3) is 0 Å². The second kappa shape index (κ2) is 4.18. The van der Waals surface area contributed by atoms with Crippen LogP contribution in [0.1, 0.15) is 19.4 Å². The van der Waals surface area contributed by atoms with Crippen LogP contribution in [0, 0.1) is 0 Å². The van der Waals surface area contributed by atoms with Crippen LogP contribution in [-0.2, 0) is 6.42 Å². The first kappa shape index (κ1) is 9.78. The lowest BCUT2D eigenvalue weighted by Gasteiger charge is -2.03. The first-order valence-corrected chi connectivity index (χ1v) is 5.91. The summed E-state index contributed by atoms with van der Waals surface area (Å²) in [4.78, 5) is 4.64. The molecule has 0 N–H and O–H groups in total. The largest absolute Gasteiger partial charge is 0.278 e. The summed E-state index contributed by atoms with van der Waals surface area (Å²) in [5, 5.41) is 1.94. The van der Waals surface area contributed by atoms with E-state index in [2.05, 4.69) is 49.2 Å². The van der Waals surface area contributed by atoms with Gasteiger partial charge in [-0.3, -0.25) is 4.99 Å². The van der Waals surface area contributed by atoms with Gasteiger partial charge in [-0.25, -0.2) is 0 Å². The minimum absolute atomic E-state index is 0.485. The lowest BCUT2D eigenvalue weighted by molar-refractivity contribution is 0.748. The molecular formula is C12H15NS. The molecule has 1 nitrogen and oxygen atoms in total. The molecule has 0 saturated heterocycles. The number of hydrogen-bond donors (Lipinski definition) is 0. The highest BCUT2D eigenvalue weighted by atomic mass is 32.2. The molecule has 2 heteroatoms. The summed E-state index contributed by atoms with van der Waals surface area (Å²) in [5.74, 6) is 0. The molecule has 2 rings (SSSR count). The van der Waals surface area contributed by atoms with E-state index in [0.29, 0.717) is 11.3 Å². The number of aliphatic imine (C=N–C) groups is 1. The maximum Gasteiger partial charge on any atom is 0.0726 e. The van der Waals surface area contributed by atoms with Gasteiger partial charge in [0.2, 0.25) is 0 Å². The molecule has 1 heterocycles. The van der Waals surface area contributed by atoms with Gasteiger partial charge in [-0.05, 0) is 12.5 Å². The van der Waals surface area contributed by atoms with Crippen molar-refractivity contribution in [2.45, 2.75) is 31.6 Å². The van der Waals surface area contributed by atoms with Crippen molar-refractivity contribution in [2.24, 2.45) is 4.99 Å². The van der Waals surface area contributed by atoms with Gasteiger partial charge >= 0.3 is 0 Å². The topological polar surface area (TPSA) is 12.4 Å². The molecule has 2 atom stereocenters. The van der Waals surface area contributed by atoms with Gasteiger partial charge in [0, 0.05) is 11.7 Å². The van der Waals surface area contributed by atoms with Crippen LogP contribution in [0.5, 0.6) is 0 Å². The molecule has 0 fully saturated rings. The zero-order valence-electron chi connectivity index (χ0n) is 8.60. The molecule has 0 bridgehead atoms. The van der Waals surface area contributed by atoms with Crippen molar-refractivity contribution in [1.29, 1.82) is 0 Å². The Morgan fingerprint density at radius 1 is 1.21 bits per heavy atom. The van der Waals surface area contributed by atoms with Gasteiger partial charge < -0.3 is 0 Å². The molecule has 0 aromatic heterocycles. The third-order valence-corrected chi connectivity index (χ3v) is 3.83. The summed E-state index contributed by atoms with van der Waals surface area (Å²) in [7, 11) is 0. The highest BCUT2D eigenvalue weighted by Crippen LogP contribution is 2.27. The molecule has 0 unspecified atom stereocenters. The van der Waals surface area contributed by atoms with E-state index >= 15 is 0 Å². The molecular weight excluding hydrogens is 190 g/mol. The number of benzene rings is 1. The number of nitrogens with zero attached hydrogens (tertiary/aromatic N) is 1. The predicted octanol–water partition coefficient (Wildman–Crippen LogP) is 3.15. The Balaban J connectivity index is 2.03. The summed E-state index contributed by atoms with van der Waals surface area (Å²) in [6.45, 7) is 4.44. The fourth-order valence-electron chi connectivity index (χ4n) is 1.53. The Labute approximate surface area is 89.6 Å². The van der Waals surface area contributed by atoms with Crippen molar-refractivity contribution in [2.75, 3.05) is 0 Å². The smallest absolute Gasteiger partial charge is 0.0726 e. The van der Waals surface area contributed by atoms with E-state index in [-0.39, 0.29) is 0 Å². The molecule has 0 saturated carbocycles. The zero-order valence-corrected chi connectivity index (χ0v) is 9.42. The molecule has 1 aliphatic heterocycles. The second-order valence-electron chi connectivity index (χ2n) is 3.75. The summed E-state index contributed by atoms with van der Waals surface area (Å²) in [5.41, 5.74) is 1.36. The Morgan fingerprint density at radius 2 is 1.93 bits per heavy atom. The average molecular weight is 205 g/mol. The van der Waals surface area contributed by atoms with Crippen molar-refractivity contribution in [1.82, 2.24) is 0 Å². The minimum atomic E-state index is 0.485. The van der Waals surface area contributed by atoms with Gasteiger partial charge in [-0.2, -0.15) is 0 Å². The summed E-state index contributed by atoms with van der Waals surface area (Å²) in [6.07, 6.45) is 1.00. The van der Waals surface area contributed by atoms with E-state index in [1.54, 1.807) is 0 Å². The van der Waals surface area contributed by atoms with Gasteiger partial charge in [-0.1, -0.05) is 37.3 Å². The minimum Gasteiger partial charge on any atom is -0.278 e. The van der Waals surface area contributed by atoms with E-state index in [1.807, 2.05) is 11.8 Å². The number of thioether (sulfide) groups is 1. The Kier molecular flexibility index (Phi) is 2.92. The van der Waals surface area contributed by atoms with Gasteiger partial charge in [-0.15, -0.1) is 11.8 Å². The summed E-state index contributed by atoms with van der Waals surface area (Å²) >= 11 is 1.92. The van der Waals surface area contributed by atoms with Crippen LogP contribution in [0.2, 0.25) is 0 Å². The fourth-order valence-corrected chi connectivity index (χ4v) is 2.70. The first-order valence-electron chi connectivity index (χ1n) is 5.03. The summed E-state index contributed by atoms with van der Waals surface area (Å²) in [6, 6.07) is 11.0. The fraction of sp³-hybridized carbons (Fsp3) is 0.417. The number of hydrogen-bond acceptors (Lipinski definition) is 2. The highest BCUT2D eigenvalue weighted by molar-refractivity contribution is 8.14. The van der Waals surface area contributed by atoms with Crippen molar-refractivity contribution in [3.05, 3.63) is 35.9 Å². The van der Waals surface area contributed by atoms with Crippen LogP contribution in [0.3, 0.4) is 0 Å². The zero-order chi connectivity index (χ0) is 9.97. The molecule has 0 amide bonds. The Hall–Kier alpha value is -0.760. The third kappa shape index (κ3) is 2.18. The Morgan fingerprint density at radius 3 is 2.50 bits per heavy atom. The van der Waals surface area contributed by atoms with E-state index in [9.17, 15) is 0 Å². The van der Waals surface area contributed by atoms with Crippen LogP contribution in [0.15, 0.2) is 35.3 Å². The second-order valence-corrected chi connectivity index (χ2v) is 5.20. The van der Waals surface area contributed by atoms with Crippen LogP contribution in [0.4, 0.5) is 0 Å². The highest BCUT2D eigenvalue weighted by Gasteiger charge is 2.21. The van der Waals surface area contributed by atoms with Crippen molar-refractivity contribution in [3.8, 4) is 0 Å².